The number of halogens is 1. The monoisotopic (exact) mass is 339 g/mol. The van der Waals surface area contributed by atoms with Crippen LogP contribution >= 0.6 is 23.5 Å². The van der Waals surface area contributed by atoms with Gasteiger partial charge in [0, 0.05) is 16.7 Å². The zero-order valence-electron chi connectivity index (χ0n) is 12.3. The van der Waals surface area contributed by atoms with Crippen molar-refractivity contribution in [2.75, 3.05) is 0 Å². The molecule has 0 spiro atoms. The summed E-state index contributed by atoms with van der Waals surface area (Å²) in [4.78, 5) is 10.4. The molecule has 2 aromatic heterocycles. The van der Waals surface area contributed by atoms with Gasteiger partial charge < -0.3 is 0 Å². The molecule has 3 aromatic rings. The molecule has 0 radical (unpaired) electrons. The second kappa shape index (κ2) is 6.22. The van der Waals surface area contributed by atoms with E-state index in [1.165, 1.54) is 4.91 Å². The maximum atomic E-state index is 6.37. The van der Waals surface area contributed by atoms with Crippen molar-refractivity contribution in [1.29, 1.82) is 0 Å². The third kappa shape index (κ3) is 2.92. The summed E-state index contributed by atoms with van der Waals surface area (Å²) >= 11 is 8.02. The summed E-state index contributed by atoms with van der Waals surface area (Å²) in [6, 6.07) is 11.9. The molecule has 1 aliphatic carbocycles. The van der Waals surface area contributed by atoms with E-state index >= 15 is 0 Å². The molecule has 0 N–H and O–H groups in total. The molecule has 0 atom stereocenters. The maximum Gasteiger partial charge on any atom is 0.163 e. The number of aromatic nitrogens is 3. The Hall–Kier alpha value is -2.04. The molecular formula is C18H14ClN3S. The minimum Gasteiger partial charge on any atom is -0.271 e. The van der Waals surface area contributed by atoms with Crippen LogP contribution < -0.4 is 0 Å². The zero-order valence-corrected chi connectivity index (χ0v) is 13.9. The molecule has 0 amide bonds. The van der Waals surface area contributed by atoms with Crippen LogP contribution in [-0.2, 0) is 0 Å². The predicted molar refractivity (Wildman–Crippen MR) is 97.4 cm³/mol. The molecule has 0 bridgehead atoms. The topological polar surface area (TPSA) is 30.7 Å². The van der Waals surface area contributed by atoms with Crippen LogP contribution in [0.15, 0.2) is 65.7 Å². The Bertz CT molecular complexity index is 913. The molecule has 3 nitrogen and oxygen atoms in total. The number of hydrogen-bond acceptors (Lipinski definition) is 3. The SMILES string of the molecule is Clc1nc(-c2ccccc2)nc2c1ccn2SC1=CCCC=C1. The van der Waals surface area contributed by atoms with E-state index in [9.17, 15) is 0 Å². The van der Waals surface area contributed by atoms with E-state index < -0.39 is 0 Å². The quantitative estimate of drug-likeness (QED) is 0.592. The first-order valence-corrected chi connectivity index (χ1v) is 8.61. The van der Waals surface area contributed by atoms with Crippen LogP contribution in [0.25, 0.3) is 22.4 Å². The Labute approximate surface area is 143 Å². The van der Waals surface area contributed by atoms with E-state index in [1.807, 2.05) is 42.6 Å². The maximum absolute atomic E-state index is 6.37. The normalized spacial score (nSPS) is 14.2. The Morgan fingerprint density at radius 3 is 2.70 bits per heavy atom. The van der Waals surface area contributed by atoms with Crippen molar-refractivity contribution in [3.8, 4) is 11.4 Å². The van der Waals surface area contributed by atoms with Gasteiger partial charge in [0.2, 0.25) is 0 Å². The van der Waals surface area contributed by atoms with Gasteiger partial charge in [-0.25, -0.2) is 9.97 Å². The van der Waals surface area contributed by atoms with Crippen LogP contribution in [0.1, 0.15) is 12.8 Å². The van der Waals surface area contributed by atoms with Gasteiger partial charge in [0.15, 0.2) is 11.5 Å². The van der Waals surface area contributed by atoms with Crippen LogP contribution in [-0.4, -0.2) is 13.9 Å². The summed E-state index contributed by atoms with van der Waals surface area (Å²) in [5.74, 6) is 0.650. The summed E-state index contributed by atoms with van der Waals surface area (Å²) in [6.07, 6.45) is 10.8. The Morgan fingerprint density at radius 2 is 1.91 bits per heavy atom. The fourth-order valence-corrected chi connectivity index (χ4v) is 3.67. The third-order valence-electron chi connectivity index (χ3n) is 3.66. The zero-order chi connectivity index (χ0) is 15.6. The van der Waals surface area contributed by atoms with Gasteiger partial charge in [-0.2, -0.15) is 0 Å². The van der Waals surface area contributed by atoms with Crippen molar-refractivity contribution < 1.29 is 0 Å². The van der Waals surface area contributed by atoms with Crippen LogP contribution in [0.5, 0.6) is 0 Å². The van der Waals surface area contributed by atoms with Gasteiger partial charge in [-0.3, -0.25) is 3.97 Å². The first kappa shape index (κ1) is 14.5. The summed E-state index contributed by atoms with van der Waals surface area (Å²) < 4.78 is 2.05. The second-order valence-electron chi connectivity index (χ2n) is 5.26. The lowest BCUT2D eigenvalue weighted by Crippen LogP contribution is -1.95. The second-order valence-corrected chi connectivity index (χ2v) is 6.67. The molecule has 1 aliphatic rings. The number of benzene rings is 1. The fraction of sp³-hybridized carbons (Fsp3) is 0.111. The van der Waals surface area contributed by atoms with Gasteiger partial charge in [0.1, 0.15) is 5.15 Å². The third-order valence-corrected chi connectivity index (χ3v) is 4.95. The van der Waals surface area contributed by atoms with Crippen molar-refractivity contribution in [3.63, 3.8) is 0 Å². The highest BCUT2D eigenvalue weighted by molar-refractivity contribution is 8.02. The molecule has 4 rings (SSSR count). The van der Waals surface area contributed by atoms with Gasteiger partial charge >= 0.3 is 0 Å². The molecule has 0 saturated carbocycles. The summed E-state index contributed by atoms with van der Waals surface area (Å²) in [5.41, 5.74) is 1.81. The lowest BCUT2D eigenvalue weighted by Gasteiger charge is -2.09. The molecule has 0 aliphatic heterocycles. The van der Waals surface area contributed by atoms with E-state index in [4.69, 9.17) is 16.6 Å². The van der Waals surface area contributed by atoms with Gasteiger partial charge in [-0.15, -0.1) is 0 Å². The molecule has 0 unspecified atom stereocenters. The summed E-state index contributed by atoms with van der Waals surface area (Å²) in [6.45, 7) is 0. The number of fused-ring (bicyclic) bond motifs is 1. The first-order valence-electron chi connectivity index (χ1n) is 7.46. The average Bonchev–Trinajstić information content (AvgIpc) is 3.00. The molecule has 1 aromatic carbocycles. The molecule has 23 heavy (non-hydrogen) atoms. The van der Waals surface area contributed by atoms with Crippen LogP contribution in [0.4, 0.5) is 0 Å². The van der Waals surface area contributed by atoms with Gasteiger partial charge in [0.25, 0.3) is 0 Å². The van der Waals surface area contributed by atoms with Crippen molar-refractivity contribution in [3.05, 3.63) is 70.9 Å². The standard InChI is InChI=1S/C18H14ClN3S/c19-16-15-11-12-22(23-14-9-5-2-6-10-14)18(15)21-17(20-16)13-7-3-1-4-8-13/h1,3-5,7-12H,2,6H2. The van der Waals surface area contributed by atoms with Crippen molar-refractivity contribution in [2.45, 2.75) is 12.8 Å². The van der Waals surface area contributed by atoms with Crippen LogP contribution in [0, 0.1) is 0 Å². The number of hydrogen-bond donors (Lipinski definition) is 0. The van der Waals surface area contributed by atoms with E-state index in [0.717, 1.165) is 29.4 Å². The van der Waals surface area contributed by atoms with Gasteiger partial charge in [-0.05, 0) is 30.9 Å². The smallest absolute Gasteiger partial charge is 0.163 e. The molecule has 5 heteroatoms. The van der Waals surface area contributed by atoms with E-state index in [1.54, 1.807) is 11.9 Å². The van der Waals surface area contributed by atoms with Gasteiger partial charge in [0.05, 0.1) is 5.39 Å². The minimum atomic E-state index is 0.487. The van der Waals surface area contributed by atoms with Crippen molar-refractivity contribution >= 4 is 34.6 Å². The highest BCUT2D eigenvalue weighted by Gasteiger charge is 2.13. The molecule has 0 fully saturated rings. The molecular weight excluding hydrogens is 326 g/mol. The van der Waals surface area contributed by atoms with Crippen LogP contribution in [0.3, 0.4) is 0 Å². The van der Waals surface area contributed by atoms with E-state index in [-0.39, 0.29) is 0 Å². The highest BCUT2D eigenvalue weighted by atomic mass is 35.5. The average molecular weight is 340 g/mol. The van der Waals surface area contributed by atoms with E-state index in [2.05, 4.69) is 27.2 Å². The Balaban J connectivity index is 1.79. The lowest BCUT2D eigenvalue weighted by atomic mass is 10.2. The molecule has 2 heterocycles. The van der Waals surface area contributed by atoms with Crippen LogP contribution in [0.2, 0.25) is 5.15 Å². The van der Waals surface area contributed by atoms with E-state index in [0.29, 0.717) is 11.0 Å². The lowest BCUT2D eigenvalue weighted by molar-refractivity contribution is 1.03. The first-order chi connectivity index (χ1) is 11.3. The number of allylic oxidation sites excluding steroid dienone is 3. The summed E-state index contributed by atoms with van der Waals surface area (Å²) in [5, 5.41) is 1.36. The van der Waals surface area contributed by atoms with Crippen molar-refractivity contribution in [1.82, 2.24) is 13.9 Å². The number of rotatable bonds is 3. The van der Waals surface area contributed by atoms with Crippen molar-refractivity contribution in [2.24, 2.45) is 0 Å². The largest absolute Gasteiger partial charge is 0.271 e. The molecule has 0 saturated heterocycles. The summed E-state index contributed by atoms with van der Waals surface area (Å²) in [7, 11) is 0. The highest BCUT2D eigenvalue weighted by Crippen LogP contribution is 2.31. The Kier molecular flexibility index (Phi) is 3.93. The Morgan fingerprint density at radius 1 is 1.04 bits per heavy atom. The van der Waals surface area contributed by atoms with Gasteiger partial charge in [-0.1, -0.05) is 60.2 Å². The minimum absolute atomic E-state index is 0.487. The molecule has 114 valence electrons. The fourth-order valence-electron chi connectivity index (χ4n) is 2.52. The number of nitrogens with zero attached hydrogens (tertiary/aromatic N) is 3. The predicted octanol–water partition coefficient (Wildman–Crippen LogP) is 5.48.